The van der Waals surface area contributed by atoms with Gasteiger partial charge < -0.3 is 5.73 Å². The molecular formula is C11H12Cl3N3S. The number of rotatable bonds is 4. The van der Waals surface area contributed by atoms with Crippen LogP contribution >= 0.6 is 46.1 Å². The zero-order chi connectivity index (χ0) is 13.3. The van der Waals surface area contributed by atoms with Gasteiger partial charge in [0, 0.05) is 12.1 Å². The quantitative estimate of drug-likeness (QED) is 0.908. The van der Waals surface area contributed by atoms with Gasteiger partial charge in [0.15, 0.2) is 0 Å². The predicted molar refractivity (Wildman–Crippen MR) is 77.9 cm³/mol. The van der Waals surface area contributed by atoms with E-state index in [1.54, 1.807) is 12.3 Å². The Morgan fingerprint density at radius 3 is 2.72 bits per heavy atom. The molecule has 2 aromatic heterocycles. The summed E-state index contributed by atoms with van der Waals surface area (Å²) in [5.74, 6) is 0. The number of hydrogen-bond acceptors (Lipinski definition) is 3. The van der Waals surface area contributed by atoms with E-state index in [0.717, 1.165) is 24.2 Å². The standard InChI is InChI=1S/C11H12Cl3N3S/c1-2-3-17-10(7(12)5-16-17)9(15)6-4-8(13)18-11(6)14/h4-5,9H,2-3,15H2,1H3. The van der Waals surface area contributed by atoms with E-state index >= 15 is 0 Å². The van der Waals surface area contributed by atoms with E-state index in [1.165, 1.54) is 11.3 Å². The lowest BCUT2D eigenvalue weighted by atomic mass is 10.1. The summed E-state index contributed by atoms with van der Waals surface area (Å²) in [6.45, 7) is 2.84. The molecule has 0 saturated carbocycles. The molecule has 2 N–H and O–H groups in total. The average Bonchev–Trinajstić information content (AvgIpc) is 2.82. The molecule has 0 radical (unpaired) electrons. The third kappa shape index (κ3) is 2.68. The normalized spacial score (nSPS) is 12.9. The van der Waals surface area contributed by atoms with Crippen LogP contribution in [0.3, 0.4) is 0 Å². The summed E-state index contributed by atoms with van der Waals surface area (Å²) >= 11 is 19.5. The van der Waals surface area contributed by atoms with Crippen LogP contribution in [-0.4, -0.2) is 9.78 Å². The van der Waals surface area contributed by atoms with Gasteiger partial charge in [-0.1, -0.05) is 41.7 Å². The van der Waals surface area contributed by atoms with Gasteiger partial charge in [-0.25, -0.2) is 0 Å². The first-order valence-electron chi connectivity index (χ1n) is 5.46. The predicted octanol–water partition coefficient (Wildman–Crippen LogP) is 4.36. The van der Waals surface area contributed by atoms with Gasteiger partial charge in [-0.15, -0.1) is 11.3 Å². The van der Waals surface area contributed by atoms with Crippen molar-refractivity contribution >= 4 is 46.1 Å². The minimum Gasteiger partial charge on any atom is -0.319 e. The van der Waals surface area contributed by atoms with Crippen molar-refractivity contribution in [3.8, 4) is 0 Å². The summed E-state index contributed by atoms with van der Waals surface area (Å²) in [5, 5.41) is 4.77. The highest BCUT2D eigenvalue weighted by Gasteiger charge is 2.22. The molecule has 1 unspecified atom stereocenters. The Morgan fingerprint density at radius 2 is 2.17 bits per heavy atom. The SMILES string of the molecule is CCCn1ncc(Cl)c1C(N)c1cc(Cl)sc1Cl. The van der Waals surface area contributed by atoms with Crippen LogP contribution < -0.4 is 5.73 Å². The lowest BCUT2D eigenvalue weighted by Crippen LogP contribution is -2.17. The Morgan fingerprint density at radius 1 is 1.44 bits per heavy atom. The molecule has 0 fully saturated rings. The third-order valence-electron chi connectivity index (χ3n) is 2.58. The van der Waals surface area contributed by atoms with Crippen molar-refractivity contribution in [1.82, 2.24) is 9.78 Å². The maximum Gasteiger partial charge on any atom is 0.0995 e. The summed E-state index contributed by atoms with van der Waals surface area (Å²) in [6, 6.07) is 1.36. The van der Waals surface area contributed by atoms with Crippen LogP contribution in [0.2, 0.25) is 13.7 Å². The van der Waals surface area contributed by atoms with Gasteiger partial charge in [0.05, 0.1) is 31.6 Å². The summed E-state index contributed by atoms with van der Waals surface area (Å²) in [6.07, 6.45) is 2.56. The Kier molecular flexibility index (Phi) is 4.56. The molecule has 0 aliphatic carbocycles. The Labute approximate surface area is 124 Å². The molecule has 0 amide bonds. The first-order chi connectivity index (χ1) is 8.54. The van der Waals surface area contributed by atoms with Gasteiger partial charge in [0.1, 0.15) is 0 Å². The Hall–Kier alpha value is -0.260. The fraction of sp³-hybridized carbons (Fsp3) is 0.364. The smallest absolute Gasteiger partial charge is 0.0995 e. The molecule has 0 aliphatic rings. The zero-order valence-corrected chi connectivity index (χ0v) is 12.7. The van der Waals surface area contributed by atoms with E-state index in [9.17, 15) is 0 Å². The molecule has 0 spiro atoms. The second-order valence-electron chi connectivity index (χ2n) is 3.86. The largest absolute Gasteiger partial charge is 0.319 e. The van der Waals surface area contributed by atoms with Crippen LogP contribution in [0.5, 0.6) is 0 Å². The van der Waals surface area contributed by atoms with Gasteiger partial charge in [-0.2, -0.15) is 5.10 Å². The molecule has 1 atom stereocenters. The maximum atomic E-state index is 6.23. The molecule has 0 aliphatic heterocycles. The van der Waals surface area contributed by atoms with Crippen molar-refractivity contribution in [3.05, 3.63) is 37.2 Å². The minimum atomic E-state index is -0.414. The molecule has 2 heterocycles. The van der Waals surface area contributed by atoms with Crippen LogP contribution in [0.25, 0.3) is 0 Å². The molecule has 98 valence electrons. The molecule has 0 saturated heterocycles. The van der Waals surface area contributed by atoms with Crippen molar-refractivity contribution in [2.45, 2.75) is 25.9 Å². The van der Waals surface area contributed by atoms with E-state index in [0.29, 0.717) is 13.7 Å². The number of halogens is 3. The van der Waals surface area contributed by atoms with E-state index in [4.69, 9.17) is 40.5 Å². The van der Waals surface area contributed by atoms with Crippen LogP contribution in [0.1, 0.15) is 30.6 Å². The minimum absolute atomic E-state index is 0.414. The van der Waals surface area contributed by atoms with Crippen molar-refractivity contribution in [1.29, 1.82) is 0 Å². The van der Waals surface area contributed by atoms with Crippen LogP contribution in [0.15, 0.2) is 12.3 Å². The summed E-state index contributed by atoms with van der Waals surface area (Å²) in [7, 11) is 0. The van der Waals surface area contributed by atoms with E-state index < -0.39 is 6.04 Å². The monoisotopic (exact) mass is 323 g/mol. The highest BCUT2D eigenvalue weighted by Crippen LogP contribution is 2.37. The fourth-order valence-electron chi connectivity index (χ4n) is 1.78. The van der Waals surface area contributed by atoms with Gasteiger partial charge in [0.2, 0.25) is 0 Å². The van der Waals surface area contributed by atoms with Crippen LogP contribution in [0, 0.1) is 0 Å². The number of nitrogens with two attached hydrogens (primary N) is 1. The van der Waals surface area contributed by atoms with Crippen molar-refractivity contribution in [2.75, 3.05) is 0 Å². The van der Waals surface area contributed by atoms with Crippen molar-refractivity contribution in [3.63, 3.8) is 0 Å². The van der Waals surface area contributed by atoms with Crippen molar-refractivity contribution in [2.24, 2.45) is 5.73 Å². The number of hydrogen-bond donors (Lipinski definition) is 1. The molecule has 7 heteroatoms. The Balaban J connectivity index is 2.42. The lowest BCUT2D eigenvalue weighted by molar-refractivity contribution is 0.560. The van der Waals surface area contributed by atoms with Gasteiger partial charge in [0.25, 0.3) is 0 Å². The van der Waals surface area contributed by atoms with E-state index in [1.807, 2.05) is 4.68 Å². The maximum absolute atomic E-state index is 6.23. The number of nitrogens with zero attached hydrogens (tertiary/aromatic N) is 2. The number of aromatic nitrogens is 2. The van der Waals surface area contributed by atoms with Crippen LogP contribution in [-0.2, 0) is 6.54 Å². The summed E-state index contributed by atoms with van der Waals surface area (Å²) in [4.78, 5) is 0. The summed E-state index contributed by atoms with van der Waals surface area (Å²) in [5.41, 5.74) is 7.78. The molecule has 2 aromatic rings. The molecule has 0 bridgehead atoms. The van der Waals surface area contributed by atoms with Gasteiger partial charge in [-0.05, 0) is 12.5 Å². The van der Waals surface area contributed by atoms with E-state index in [2.05, 4.69) is 12.0 Å². The third-order valence-corrected chi connectivity index (χ3v) is 4.39. The van der Waals surface area contributed by atoms with Gasteiger partial charge >= 0.3 is 0 Å². The second-order valence-corrected chi connectivity index (χ2v) is 6.55. The van der Waals surface area contributed by atoms with Gasteiger partial charge in [-0.3, -0.25) is 4.68 Å². The number of aryl methyl sites for hydroxylation is 1. The highest BCUT2D eigenvalue weighted by atomic mass is 35.5. The highest BCUT2D eigenvalue weighted by molar-refractivity contribution is 7.20. The zero-order valence-electron chi connectivity index (χ0n) is 9.66. The second kappa shape index (κ2) is 5.80. The molecule has 18 heavy (non-hydrogen) atoms. The lowest BCUT2D eigenvalue weighted by Gasteiger charge is -2.14. The fourth-order valence-corrected chi connectivity index (χ4v) is 3.59. The molecule has 0 aromatic carbocycles. The van der Waals surface area contributed by atoms with Crippen LogP contribution in [0.4, 0.5) is 0 Å². The molecule has 2 rings (SSSR count). The van der Waals surface area contributed by atoms with E-state index in [-0.39, 0.29) is 0 Å². The Bertz CT molecular complexity index is 550. The average molecular weight is 325 g/mol. The number of thiophene rings is 1. The first-order valence-corrected chi connectivity index (χ1v) is 7.41. The molecular weight excluding hydrogens is 313 g/mol. The van der Waals surface area contributed by atoms with Crippen molar-refractivity contribution < 1.29 is 0 Å². The molecule has 3 nitrogen and oxygen atoms in total. The summed E-state index contributed by atoms with van der Waals surface area (Å²) < 4.78 is 3.02. The first kappa shape index (κ1) is 14.2. The topological polar surface area (TPSA) is 43.8 Å².